The molecule has 1 aliphatic heterocycles. The molecule has 0 amide bonds. The highest BCUT2D eigenvalue weighted by Crippen LogP contribution is 2.32. The minimum Gasteiger partial charge on any atom is -0.481 e. The molecule has 1 atom stereocenters. The van der Waals surface area contributed by atoms with Gasteiger partial charge < -0.3 is 10.0 Å². The molecule has 1 aromatic rings. The molecule has 0 bridgehead atoms. The van der Waals surface area contributed by atoms with Crippen molar-refractivity contribution < 1.29 is 9.90 Å². The number of hydrogen-bond acceptors (Lipinski definition) is 2. The van der Waals surface area contributed by atoms with Gasteiger partial charge in [-0.2, -0.15) is 0 Å². The minimum absolute atomic E-state index is 0.145. The Morgan fingerprint density at radius 1 is 1.37 bits per heavy atom. The van der Waals surface area contributed by atoms with Gasteiger partial charge in [0.15, 0.2) is 0 Å². The van der Waals surface area contributed by atoms with Crippen molar-refractivity contribution in [3.63, 3.8) is 0 Å². The van der Waals surface area contributed by atoms with Gasteiger partial charge in [0.2, 0.25) is 0 Å². The SMILES string of the molecule is CC(C)c1ccccc1N1CCCCC1CC(=O)O. The van der Waals surface area contributed by atoms with Crippen LogP contribution in [-0.2, 0) is 4.79 Å². The summed E-state index contributed by atoms with van der Waals surface area (Å²) in [5, 5.41) is 9.08. The van der Waals surface area contributed by atoms with Gasteiger partial charge >= 0.3 is 5.97 Å². The Hall–Kier alpha value is -1.51. The maximum atomic E-state index is 11.0. The van der Waals surface area contributed by atoms with Crippen LogP contribution < -0.4 is 4.90 Å². The molecule has 0 radical (unpaired) electrons. The summed E-state index contributed by atoms with van der Waals surface area (Å²) in [6.07, 6.45) is 3.52. The Morgan fingerprint density at radius 2 is 2.11 bits per heavy atom. The molecule has 19 heavy (non-hydrogen) atoms. The van der Waals surface area contributed by atoms with E-state index in [1.54, 1.807) is 0 Å². The second kappa shape index (κ2) is 6.09. The molecule has 2 rings (SSSR count). The normalized spacial score (nSPS) is 19.7. The average molecular weight is 261 g/mol. The molecule has 0 aromatic heterocycles. The third-order valence-electron chi connectivity index (χ3n) is 3.91. The van der Waals surface area contributed by atoms with Gasteiger partial charge in [-0.25, -0.2) is 0 Å². The van der Waals surface area contributed by atoms with Crippen molar-refractivity contribution in [1.82, 2.24) is 0 Å². The Morgan fingerprint density at radius 3 is 2.79 bits per heavy atom. The van der Waals surface area contributed by atoms with Crippen LogP contribution in [0.2, 0.25) is 0 Å². The quantitative estimate of drug-likeness (QED) is 0.899. The van der Waals surface area contributed by atoms with Crippen molar-refractivity contribution in [3.05, 3.63) is 29.8 Å². The number of para-hydroxylation sites is 1. The van der Waals surface area contributed by atoms with Crippen LogP contribution >= 0.6 is 0 Å². The zero-order chi connectivity index (χ0) is 13.8. The van der Waals surface area contributed by atoms with Gasteiger partial charge in [0.25, 0.3) is 0 Å². The highest BCUT2D eigenvalue weighted by Gasteiger charge is 2.26. The number of hydrogen-bond donors (Lipinski definition) is 1. The fourth-order valence-electron chi connectivity index (χ4n) is 2.97. The summed E-state index contributed by atoms with van der Waals surface area (Å²) in [6, 6.07) is 8.55. The van der Waals surface area contributed by atoms with Gasteiger partial charge in [-0.05, 0) is 36.8 Å². The second-order valence-electron chi connectivity index (χ2n) is 5.65. The van der Waals surface area contributed by atoms with Crippen molar-refractivity contribution in [2.24, 2.45) is 0 Å². The van der Waals surface area contributed by atoms with Crippen LogP contribution in [0.5, 0.6) is 0 Å². The molecule has 104 valence electrons. The van der Waals surface area contributed by atoms with Crippen molar-refractivity contribution in [1.29, 1.82) is 0 Å². The van der Waals surface area contributed by atoms with Crippen LogP contribution in [0, 0.1) is 0 Å². The first-order valence-electron chi connectivity index (χ1n) is 7.17. The van der Waals surface area contributed by atoms with Crippen molar-refractivity contribution in [3.8, 4) is 0 Å². The molecule has 1 unspecified atom stereocenters. The highest BCUT2D eigenvalue weighted by atomic mass is 16.4. The molecule has 0 saturated carbocycles. The maximum absolute atomic E-state index is 11.0. The van der Waals surface area contributed by atoms with Gasteiger partial charge in [0.05, 0.1) is 6.42 Å². The summed E-state index contributed by atoms with van der Waals surface area (Å²) in [5.41, 5.74) is 2.54. The first-order chi connectivity index (χ1) is 9.09. The lowest BCUT2D eigenvalue weighted by Gasteiger charge is -2.38. The fourth-order valence-corrected chi connectivity index (χ4v) is 2.97. The van der Waals surface area contributed by atoms with Gasteiger partial charge in [0, 0.05) is 18.3 Å². The van der Waals surface area contributed by atoms with Crippen LogP contribution in [-0.4, -0.2) is 23.7 Å². The molecule has 1 saturated heterocycles. The molecule has 1 N–H and O–H groups in total. The van der Waals surface area contributed by atoms with E-state index in [-0.39, 0.29) is 12.5 Å². The predicted octanol–water partition coefficient (Wildman–Crippen LogP) is 3.64. The van der Waals surface area contributed by atoms with Gasteiger partial charge in [-0.3, -0.25) is 4.79 Å². The molecule has 1 aliphatic rings. The number of anilines is 1. The van der Waals surface area contributed by atoms with E-state index >= 15 is 0 Å². The van der Waals surface area contributed by atoms with Crippen molar-refractivity contribution in [2.75, 3.05) is 11.4 Å². The summed E-state index contributed by atoms with van der Waals surface area (Å²) in [4.78, 5) is 13.3. The fraction of sp³-hybridized carbons (Fsp3) is 0.562. The maximum Gasteiger partial charge on any atom is 0.305 e. The van der Waals surface area contributed by atoms with Crippen LogP contribution in [0.15, 0.2) is 24.3 Å². The Kier molecular flexibility index (Phi) is 4.46. The van der Waals surface area contributed by atoms with Gasteiger partial charge in [-0.1, -0.05) is 32.0 Å². The number of carboxylic acid groups (broad SMARTS) is 1. The van der Waals surface area contributed by atoms with Gasteiger partial charge in [0.1, 0.15) is 0 Å². The summed E-state index contributed by atoms with van der Waals surface area (Å²) in [5.74, 6) is -0.234. The molecular weight excluding hydrogens is 238 g/mol. The highest BCUT2D eigenvalue weighted by molar-refractivity contribution is 5.69. The van der Waals surface area contributed by atoms with E-state index in [0.717, 1.165) is 25.8 Å². The second-order valence-corrected chi connectivity index (χ2v) is 5.65. The zero-order valence-electron chi connectivity index (χ0n) is 11.8. The summed E-state index contributed by atoms with van der Waals surface area (Å²) in [6.45, 7) is 5.35. The summed E-state index contributed by atoms with van der Waals surface area (Å²) >= 11 is 0. The number of rotatable bonds is 4. The van der Waals surface area contributed by atoms with Crippen LogP contribution in [0.4, 0.5) is 5.69 Å². The van der Waals surface area contributed by atoms with Crippen LogP contribution in [0.3, 0.4) is 0 Å². The number of aliphatic carboxylic acids is 1. The third-order valence-corrected chi connectivity index (χ3v) is 3.91. The monoisotopic (exact) mass is 261 g/mol. The molecule has 1 aromatic carbocycles. The van der Waals surface area contributed by atoms with E-state index in [4.69, 9.17) is 5.11 Å². The molecule has 3 heteroatoms. The standard InChI is InChI=1S/C16H23NO2/c1-12(2)14-8-3-4-9-15(14)17-10-6-5-7-13(17)11-16(18)19/h3-4,8-9,12-13H,5-7,10-11H2,1-2H3,(H,18,19). The summed E-state index contributed by atoms with van der Waals surface area (Å²) in [7, 11) is 0. The van der Waals surface area contributed by atoms with Crippen LogP contribution in [0.25, 0.3) is 0 Å². The number of benzene rings is 1. The smallest absolute Gasteiger partial charge is 0.305 e. The lowest BCUT2D eigenvalue weighted by molar-refractivity contribution is -0.137. The Balaban J connectivity index is 2.29. The number of piperidine rings is 1. The number of nitrogens with zero attached hydrogens (tertiary/aromatic N) is 1. The molecule has 1 fully saturated rings. The van der Waals surface area contributed by atoms with Crippen molar-refractivity contribution in [2.45, 2.75) is 51.5 Å². The van der Waals surface area contributed by atoms with E-state index < -0.39 is 5.97 Å². The predicted molar refractivity (Wildman–Crippen MR) is 77.8 cm³/mol. The Bertz CT molecular complexity index is 442. The van der Waals surface area contributed by atoms with E-state index in [9.17, 15) is 4.79 Å². The lowest BCUT2D eigenvalue weighted by Crippen LogP contribution is -2.41. The molecule has 1 heterocycles. The molecule has 0 spiro atoms. The third kappa shape index (κ3) is 3.28. The summed E-state index contributed by atoms with van der Waals surface area (Å²) < 4.78 is 0. The van der Waals surface area contributed by atoms with E-state index in [0.29, 0.717) is 5.92 Å². The van der Waals surface area contributed by atoms with Crippen molar-refractivity contribution >= 4 is 11.7 Å². The number of carboxylic acids is 1. The average Bonchev–Trinajstić information content (AvgIpc) is 2.38. The molecule has 3 nitrogen and oxygen atoms in total. The lowest BCUT2D eigenvalue weighted by atomic mass is 9.94. The van der Waals surface area contributed by atoms with E-state index in [2.05, 4.69) is 36.9 Å². The van der Waals surface area contributed by atoms with Crippen LogP contribution in [0.1, 0.15) is 51.0 Å². The van der Waals surface area contributed by atoms with E-state index in [1.807, 2.05) is 6.07 Å². The first-order valence-corrected chi connectivity index (χ1v) is 7.17. The zero-order valence-corrected chi connectivity index (χ0v) is 11.8. The van der Waals surface area contributed by atoms with E-state index in [1.165, 1.54) is 11.3 Å². The molecular formula is C16H23NO2. The Labute approximate surface area is 115 Å². The topological polar surface area (TPSA) is 40.5 Å². The van der Waals surface area contributed by atoms with Gasteiger partial charge in [-0.15, -0.1) is 0 Å². The first kappa shape index (κ1) is 13.9. The number of carbonyl (C=O) groups is 1. The minimum atomic E-state index is -0.695. The largest absolute Gasteiger partial charge is 0.481 e. The molecule has 0 aliphatic carbocycles.